The van der Waals surface area contributed by atoms with Crippen molar-refractivity contribution >= 4 is 108 Å². The predicted octanol–water partition coefficient (Wildman–Crippen LogP) is 16.3. The van der Waals surface area contributed by atoms with Gasteiger partial charge in [0.1, 0.15) is 22.3 Å². The maximum atomic E-state index is 6.96. The largest absolute Gasteiger partial charge is 0.456 e. The molecule has 264 valence electrons. The van der Waals surface area contributed by atoms with Gasteiger partial charge in [0.05, 0.1) is 0 Å². The topological polar surface area (TPSA) is 26.3 Å². The van der Waals surface area contributed by atoms with Gasteiger partial charge in [-0.3, -0.25) is 0 Å². The van der Waals surface area contributed by atoms with Crippen LogP contribution in [-0.2, 0) is 0 Å². The lowest BCUT2D eigenvalue weighted by Gasteiger charge is -2.17. The number of fused-ring (bicyclic) bond motifs is 13. The van der Waals surface area contributed by atoms with Gasteiger partial charge in [-0.05, 0) is 91.0 Å². The minimum Gasteiger partial charge on any atom is -0.456 e. The molecule has 3 aromatic heterocycles. The molecular weight excluding hydrogens is 713 g/mol. The fraction of sp³-hybridized carbons (Fsp3) is 0. The molecule has 0 spiro atoms. The molecule has 0 amide bonds. The molecule has 0 saturated heterocycles. The van der Waals surface area contributed by atoms with E-state index in [0.29, 0.717) is 0 Å². The second-order valence-corrected chi connectivity index (χ2v) is 16.1. The van der Waals surface area contributed by atoms with E-state index in [0.717, 1.165) is 49.4 Å². The fourth-order valence-electron chi connectivity index (χ4n) is 9.65. The number of para-hydroxylation sites is 1. The zero-order chi connectivity index (χ0) is 37.2. The molecule has 0 aliphatic rings. The number of thiophene rings is 1. The van der Waals surface area contributed by atoms with E-state index in [-0.39, 0.29) is 0 Å². The molecule has 10 aromatic carbocycles. The summed E-state index contributed by atoms with van der Waals surface area (Å²) in [6, 6.07) is 65.9. The quantitative estimate of drug-likeness (QED) is 0.169. The highest BCUT2D eigenvalue weighted by Gasteiger charge is 2.23. The van der Waals surface area contributed by atoms with E-state index in [4.69, 9.17) is 8.83 Å². The Kier molecular flexibility index (Phi) is 6.35. The number of furan rings is 2. The van der Waals surface area contributed by atoms with Gasteiger partial charge in [0.15, 0.2) is 0 Å². The summed E-state index contributed by atoms with van der Waals surface area (Å²) in [5, 5.41) is 14.4. The first kappa shape index (κ1) is 31.1. The maximum absolute atomic E-state index is 6.96. The average molecular weight is 743 g/mol. The van der Waals surface area contributed by atoms with Gasteiger partial charge in [0.25, 0.3) is 0 Å². The van der Waals surface area contributed by atoms with Gasteiger partial charge < -0.3 is 8.83 Å². The monoisotopic (exact) mass is 742 g/mol. The van der Waals surface area contributed by atoms with Gasteiger partial charge in [-0.15, -0.1) is 11.3 Å². The van der Waals surface area contributed by atoms with Gasteiger partial charge in [0, 0.05) is 52.8 Å². The van der Waals surface area contributed by atoms with E-state index in [9.17, 15) is 0 Å². The molecule has 13 rings (SSSR count). The fourth-order valence-corrected chi connectivity index (χ4v) is 10.9. The molecule has 3 heteroatoms. The molecule has 0 N–H and O–H groups in total. The third kappa shape index (κ3) is 4.35. The molecule has 0 saturated carbocycles. The second kappa shape index (κ2) is 11.7. The van der Waals surface area contributed by atoms with E-state index in [1.165, 1.54) is 80.3 Å². The summed E-state index contributed by atoms with van der Waals surface area (Å²) >= 11 is 1.87. The van der Waals surface area contributed by atoms with E-state index in [1.807, 2.05) is 29.5 Å². The number of hydrogen-bond acceptors (Lipinski definition) is 3. The standard InChI is InChI=1S/C54H30O2S/c1-2-13-31(14-3-1)48-35-17-6-8-19-37(35)49(38-20-9-7-18-36(38)48)33-25-28-47-42(30-33)39-22-12-23-41(54(39)57-47)50-34-16-5-4-15-32(34)29-43-52-46(56-53(43)50)27-26-45-51(52)40-21-10-11-24-44(40)55-45/h1-30H. The zero-order valence-electron chi connectivity index (χ0n) is 30.5. The lowest BCUT2D eigenvalue weighted by atomic mass is 9.86. The van der Waals surface area contributed by atoms with Crippen LogP contribution in [0.4, 0.5) is 0 Å². The smallest absolute Gasteiger partial charge is 0.143 e. The van der Waals surface area contributed by atoms with Gasteiger partial charge in [-0.1, -0.05) is 146 Å². The van der Waals surface area contributed by atoms with Crippen LogP contribution in [0, 0.1) is 0 Å². The van der Waals surface area contributed by atoms with Crippen LogP contribution < -0.4 is 0 Å². The van der Waals surface area contributed by atoms with Crippen molar-refractivity contribution in [2.75, 3.05) is 0 Å². The third-order valence-corrected chi connectivity index (χ3v) is 13.3. The third-order valence-electron chi connectivity index (χ3n) is 12.0. The van der Waals surface area contributed by atoms with Crippen LogP contribution in [-0.4, -0.2) is 0 Å². The lowest BCUT2D eigenvalue weighted by Crippen LogP contribution is -1.90. The second-order valence-electron chi connectivity index (χ2n) is 15.1. The molecule has 0 unspecified atom stereocenters. The van der Waals surface area contributed by atoms with Crippen LogP contribution in [0.2, 0.25) is 0 Å². The first-order valence-electron chi connectivity index (χ1n) is 19.4. The Bertz CT molecular complexity index is 3750. The van der Waals surface area contributed by atoms with Crippen molar-refractivity contribution in [1.82, 2.24) is 0 Å². The van der Waals surface area contributed by atoms with Crippen LogP contribution in [0.15, 0.2) is 191 Å². The average Bonchev–Trinajstić information content (AvgIpc) is 3.96. The summed E-state index contributed by atoms with van der Waals surface area (Å²) in [6.07, 6.45) is 0. The minimum absolute atomic E-state index is 0.867. The number of hydrogen-bond donors (Lipinski definition) is 0. The van der Waals surface area contributed by atoms with Crippen LogP contribution >= 0.6 is 11.3 Å². The van der Waals surface area contributed by atoms with Crippen LogP contribution in [0.5, 0.6) is 0 Å². The van der Waals surface area contributed by atoms with Gasteiger partial charge in [0.2, 0.25) is 0 Å². The molecule has 0 aliphatic carbocycles. The molecule has 2 nitrogen and oxygen atoms in total. The summed E-state index contributed by atoms with van der Waals surface area (Å²) in [4.78, 5) is 0. The van der Waals surface area contributed by atoms with E-state index in [1.54, 1.807) is 0 Å². The Hall–Kier alpha value is -7.20. The normalized spacial score (nSPS) is 12.2. The lowest BCUT2D eigenvalue weighted by molar-refractivity contribution is 0.663. The molecule has 0 aliphatic heterocycles. The van der Waals surface area contributed by atoms with Crippen molar-refractivity contribution in [2.45, 2.75) is 0 Å². The van der Waals surface area contributed by atoms with Crippen molar-refractivity contribution in [3.63, 3.8) is 0 Å². The van der Waals surface area contributed by atoms with Crippen LogP contribution in [0.3, 0.4) is 0 Å². The number of rotatable bonds is 3. The Morgan fingerprint density at radius 3 is 1.68 bits per heavy atom. The van der Waals surface area contributed by atoms with E-state index < -0.39 is 0 Å². The summed E-state index contributed by atoms with van der Waals surface area (Å²) in [6.45, 7) is 0. The molecule has 13 aromatic rings. The zero-order valence-corrected chi connectivity index (χ0v) is 31.4. The van der Waals surface area contributed by atoms with Gasteiger partial charge >= 0.3 is 0 Å². The molecule has 3 heterocycles. The Labute approximate surface area is 330 Å². The van der Waals surface area contributed by atoms with E-state index >= 15 is 0 Å². The van der Waals surface area contributed by atoms with Gasteiger partial charge in [-0.2, -0.15) is 0 Å². The Morgan fingerprint density at radius 1 is 0.333 bits per heavy atom. The van der Waals surface area contributed by atoms with Gasteiger partial charge in [-0.25, -0.2) is 0 Å². The molecule has 57 heavy (non-hydrogen) atoms. The molecular formula is C54H30O2S. The predicted molar refractivity (Wildman–Crippen MR) is 243 cm³/mol. The summed E-state index contributed by atoms with van der Waals surface area (Å²) in [5.41, 5.74) is 10.9. The number of benzene rings is 10. The first-order valence-corrected chi connectivity index (χ1v) is 20.2. The maximum Gasteiger partial charge on any atom is 0.143 e. The van der Waals surface area contributed by atoms with Crippen molar-refractivity contribution in [1.29, 1.82) is 0 Å². The Balaban J connectivity index is 1.09. The van der Waals surface area contributed by atoms with Crippen molar-refractivity contribution in [3.05, 3.63) is 182 Å². The summed E-state index contributed by atoms with van der Waals surface area (Å²) < 4.78 is 15.8. The highest BCUT2D eigenvalue weighted by atomic mass is 32.1. The highest BCUT2D eigenvalue weighted by Crippen LogP contribution is 2.50. The molecule has 0 radical (unpaired) electrons. The molecule has 0 atom stereocenters. The summed E-state index contributed by atoms with van der Waals surface area (Å²) in [7, 11) is 0. The van der Waals surface area contributed by atoms with Crippen molar-refractivity contribution < 1.29 is 8.83 Å². The molecule has 0 bridgehead atoms. The van der Waals surface area contributed by atoms with Crippen molar-refractivity contribution in [3.8, 4) is 33.4 Å². The summed E-state index contributed by atoms with van der Waals surface area (Å²) in [5.74, 6) is 0. The Morgan fingerprint density at radius 2 is 0.930 bits per heavy atom. The first-order chi connectivity index (χ1) is 28.3. The molecule has 0 fully saturated rings. The minimum atomic E-state index is 0.867. The van der Waals surface area contributed by atoms with Crippen LogP contribution in [0.1, 0.15) is 0 Å². The van der Waals surface area contributed by atoms with Crippen molar-refractivity contribution in [2.24, 2.45) is 0 Å². The van der Waals surface area contributed by atoms with E-state index in [2.05, 4.69) is 164 Å². The SMILES string of the molecule is c1ccc(-c2c3ccccc3c(-c3ccc4sc5c(-c6c7ccccc7cc7c6oc6ccc8oc9ccccc9c8c67)cccc5c4c3)c3ccccc23)cc1. The highest BCUT2D eigenvalue weighted by molar-refractivity contribution is 7.26. The van der Waals surface area contributed by atoms with Crippen LogP contribution in [0.25, 0.3) is 130 Å².